The number of ether oxygens (including phenoxy) is 1. The van der Waals surface area contributed by atoms with Crippen LogP contribution in [0.2, 0.25) is 0 Å². The van der Waals surface area contributed by atoms with Crippen molar-refractivity contribution in [3.63, 3.8) is 0 Å². The van der Waals surface area contributed by atoms with Crippen LogP contribution in [0.5, 0.6) is 0 Å². The second-order valence-electron chi connectivity index (χ2n) is 5.39. The number of hydrogen-bond acceptors (Lipinski definition) is 4. The van der Waals surface area contributed by atoms with Gasteiger partial charge in [-0.3, -0.25) is 14.3 Å². The summed E-state index contributed by atoms with van der Waals surface area (Å²) in [7, 11) is 1.84. The fraction of sp³-hybridized carbons (Fsp3) is 0.312. The van der Waals surface area contributed by atoms with E-state index in [1.54, 1.807) is 28.0 Å². The number of aromatic nitrogens is 5. The van der Waals surface area contributed by atoms with Crippen LogP contribution < -0.4 is 0 Å². The van der Waals surface area contributed by atoms with E-state index in [1.807, 2.05) is 31.4 Å². The maximum Gasteiger partial charge on any atom is 0.345 e. The average molecular weight is 412 g/mol. The molecule has 132 valence electrons. The minimum atomic E-state index is -2.79. The predicted molar refractivity (Wildman–Crippen MR) is 91.1 cm³/mol. The Morgan fingerprint density at radius 3 is 2.68 bits per heavy atom. The molecule has 9 heteroatoms. The van der Waals surface area contributed by atoms with Gasteiger partial charge >= 0.3 is 6.61 Å². The van der Waals surface area contributed by atoms with E-state index in [4.69, 9.17) is 0 Å². The molecule has 0 aliphatic rings. The number of halogens is 3. The van der Waals surface area contributed by atoms with Crippen molar-refractivity contribution in [2.45, 2.75) is 19.1 Å². The van der Waals surface area contributed by atoms with Crippen LogP contribution in [0.4, 0.5) is 8.78 Å². The zero-order valence-electron chi connectivity index (χ0n) is 13.4. The van der Waals surface area contributed by atoms with Gasteiger partial charge in [0.1, 0.15) is 0 Å². The number of rotatable bonds is 7. The minimum Gasteiger partial charge on any atom is -0.323 e. The Morgan fingerprint density at radius 2 is 2.04 bits per heavy atom. The molecule has 1 unspecified atom stereocenters. The van der Waals surface area contributed by atoms with E-state index in [0.717, 1.165) is 21.4 Å². The molecule has 6 nitrogen and oxygen atoms in total. The van der Waals surface area contributed by atoms with Crippen LogP contribution in [-0.2, 0) is 11.8 Å². The molecule has 0 N–H and O–H groups in total. The van der Waals surface area contributed by atoms with Crippen molar-refractivity contribution in [3.8, 4) is 11.3 Å². The molecule has 0 radical (unpaired) electrons. The van der Waals surface area contributed by atoms with Crippen LogP contribution in [0, 0.1) is 0 Å². The number of pyridine rings is 1. The van der Waals surface area contributed by atoms with E-state index in [9.17, 15) is 8.78 Å². The van der Waals surface area contributed by atoms with Crippen LogP contribution in [0.25, 0.3) is 11.3 Å². The minimum absolute atomic E-state index is 0.0962. The Hall–Kier alpha value is -2.13. The maximum absolute atomic E-state index is 12.3. The lowest BCUT2D eigenvalue weighted by molar-refractivity contribution is -0.130. The van der Waals surface area contributed by atoms with E-state index >= 15 is 0 Å². The van der Waals surface area contributed by atoms with Crippen LogP contribution in [0.15, 0.2) is 47.5 Å². The van der Waals surface area contributed by atoms with E-state index in [2.05, 4.69) is 35.8 Å². The van der Waals surface area contributed by atoms with Gasteiger partial charge in [0, 0.05) is 35.7 Å². The molecule has 0 fully saturated rings. The zero-order chi connectivity index (χ0) is 17.8. The average Bonchev–Trinajstić information content (AvgIpc) is 3.21. The fourth-order valence-corrected chi connectivity index (χ4v) is 2.80. The summed E-state index contributed by atoms with van der Waals surface area (Å²) in [5.74, 6) is 0. The molecule has 1 atom stereocenters. The number of nitrogens with zero attached hydrogens (tertiary/aromatic N) is 5. The van der Waals surface area contributed by atoms with Gasteiger partial charge in [-0.1, -0.05) is 0 Å². The molecular weight excluding hydrogens is 396 g/mol. The first kappa shape index (κ1) is 17.7. The smallest absolute Gasteiger partial charge is 0.323 e. The SMILES string of the molecule is Cn1nccc1-c1cnn(C(CCOC(F)F)c2ccc(Br)cn2)c1. The van der Waals surface area contributed by atoms with Crippen LogP contribution in [0.3, 0.4) is 0 Å². The molecule has 3 aromatic rings. The highest BCUT2D eigenvalue weighted by molar-refractivity contribution is 9.10. The quantitative estimate of drug-likeness (QED) is 0.595. The number of hydrogen-bond donors (Lipinski definition) is 0. The lowest BCUT2D eigenvalue weighted by Gasteiger charge is -2.17. The van der Waals surface area contributed by atoms with Crippen LogP contribution in [-0.4, -0.2) is 37.8 Å². The van der Waals surface area contributed by atoms with Gasteiger partial charge in [-0.25, -0.2) is 0 Å². The van der Waals surface area contributed by atoms with E-state index in [1.165, 1.54) is 0 Å². The Balaban J connectivity index is 1.87. The Kier molecular flexibility index (Phi) is 5.54. The highest BCUT2D eigenvalue weighted by Gasteiger charge is 2.18. The summed E-state index contributed by atoms with van der Waals surface area (Å²) in [5, 5.41) is 8.53. The van der Waals surface area contributed by atoms with Gasteiger partial charge in [-0.2, -0.15) is 19.0 Å². The largest absolute Gasteiger partial charge is 0.345 e. The summed E-state index contributed by atoms with van der Waals surface area (Å²) in [6.07, 6.45) is 7.27. The standard InChI is InChI=1S/C16H16BrF2N5O/c1-23-14(4-6-21-23)11-8-22-24(10-11)15(5-7-25-16(18)19)13-3-2-12(17)9-20-13/h2-4,6,8-10,15-16H,5,7H2,1H3. The zero-order valence-corrected chi connectivity index (χ0v) is 15.0. The predicted octanol–water partition coefficient (Wildman–Crippen LogP) is 3.66. The van der Waals surface area contributed by atoms with Crippen molar-refractivity contribution in [2.75, 3.05) is 6.61 Å². The van der Waals surface area contributed by atoms with Crippen molar-refractivity contribution < 1.29 is 13.5 Å². The summed E-state index contributed by atoms with van der Waals surface area (Å²) < 4.78 is 33.3. The summed E-state index contributed by atoms with van der Waals surface area (Å²) >= 11 is 3.34. The van der Waals surface area contributed by atoms with Crippen molar-refractivity contribution >= 4 is 15.9 Å². The molecule has 0 aliphatic heterocycles. The lowest BCUT2D eigenvalue weighted by atomic mass is 10.1. The Morgan fingerprint density at radius 1 is 1.20 bits per heavy atom. The van der Waals surface area contributed by atoms with Crippen molar-refractivity contribution in [1.82, 2.24) is 24.5 Å². The first-order chi connectivity index (χ1) is 12.0. The normalized spacial score (nSPS) is 12.7. The first-order valence-electron chi connectivity index (χ1n) is 7.58. The first-order valence-corrected chi connectivity index (χ1v) is 8.37. The van der Waals surface area contributed by atoms with Crippen molar-refractivity contribution in [1.29, 1.82) is 0 Å². The third kappa shape index (κ3) is 4.29. The van der Waals surface area contributed by atoms with E-state index in [0.29, 0.717) is 6.42 Å². The van der Waals surface area contributed by atoms with Gasteiger partial charge in [0.05, 0.1) is 30.2 Å². The summed E-state index contributed by atoms with van der Waals surface area (Å²) in [6, 6.07) is 5.26. The molecular formula is C16H16BrF2N5O. The highest BCUT2D eigenvalue weighted by atomic mass is 79.9. The molecule has 0 amide bonds. The molecule has 0 aliphatic carbocycles. The molecule has 0 bridgehead atoms. The van der Waals surface area contributed by atoms with Gasteiger partial charge in [-0.15, -0.1) is 0 Å². The summed E-state index contributed by atoms with van der Waals surface area (Å²) in [6.45, 7) is -2.89. The third-order valence-electron chi connectivity index (χ3n) is 3.76. The molecule has 0 saturated carbocycles. The van der Waals surface area contributed by atoms with Gasteiger partial charge in [0.15, 0.2) is 0 Å². The Bertz CT molecular complexity index is 818. The molecule has 0 spiro atoms. The highest BCUT2D eigenvalue weighted by Crippen LogP contribution is 2.25. The maximum atomic E-state index is 12.3. The topological polar surface area (TPSA) is 57.8 Å². The molecule has 3 heterocycles. The molecule has 25 heavy (non-hydrogen) atoms. The molecule has 3 rings (SSSR count). The molecule has 0 aromatic carbocycles. The van der Waals surface area contributed by atoms with Gasteiger partial charge in [0.2, 0.25) is 0 Å². The fourth-order valence-electron chi connectivity index (χ4n) is 2.57. The second-order valence-corrected chi connectivity index (χ2v) is 6.30. The third-order valence-corrected chi connectivity index (χ3v) is 4.23. The monoisotopic (exact) mass is 411 g/mol. The van der Waals surface area contributed by atoms with Crippen LogP contribution >= 0.6 is 15.9 Å². The summed E-state index contributed by atoms with van der Waals surface area (Å²) in [4.78, 5) is 4.37. The van der Waals surface area contributed by atoms with Crippen molar-refractivity contribution in [3.05, 3.63) is 53.2 Å². The van der Waals surface area contributed by atoms with Gasteiger partial charge < -0.3 is 4.74 Å². The number of aryl methyl sites for hydroxylation is 1. The van der Waals surface area contributed by atoms with Crippen LogP contribution in [0.1, 0.15) is 18.2 Å². The van der Waals surface area contributed by atoms with Gasteiger partial charge in [-0.05, 0) is 40.5 Å². The van der Waals surface area contributed by atoms with E-state index < -0.39 is 6.61 Å². The van der Waals surface area contributed by atoms with Crippen molar-refractivity contribution in [2.24, 2.45) is 7.05 Å². The molecule has 3 aromatic heterocycles. The van der Waals surface area contributed by atoms with Gasteiger partial charge in [0.25, 0.3) is 0 Å². The molecule has 0 saturated heterocycles. The second kappa shape index (κ2) is 7.83. The number of alkyl halides is 2. The van der Waals surface area contributed by atoms with E-state index in [-0.39, 0.29) is 12.6 Å². The lowest BCUT2D eigenvalue weighted by Crippen LogP contribution is -2.16. The summed E-state index contributed by atoms with van der Waals surface area (Å²) in [5.41, 5.74) is 2.52. The Labute approximate surface area is 151 Å².